The van der Waals surface area contributed by atoms with Gasteiger partial charge < -0.3 is 4.74 Å². The molecule has 0 aliphatic carbocycles. The van der Waals surface area contributed by atoms with Crippen LogP contribution in [0.1, 0.15) is 12.6 Å². The summed E-state index contributed by atoms with van der Waals surface area (Å²) in [6, 6.07) is 6.34. The fourth-order valence-corrected chi connectivity index (χ4v) is 3.32. The van der Waals surface area contributed by atoms with Gasteiger partial charge in [-0.15, -0.1) is 0 Å². The van der Waals surface area contributed by atoms with Crippen LogP contribution >= 0.6 is 11.6 Å². The van der Waals surface area contributed by atoms with Crippen molar-refractivity contribution in [2.75, 3.05) is 13.7 Å². The predicted molar refractivity (Wildman–Crippen MR) is 84.5 cm³/mol. The lowest BCUT2D eigenvalue weighted by atomic mass is 10.3. The standard InChI is InChI=1S/C14H18ClN3O3S/c1-4-21-11-5-7-12(8-6-11)22(19,20)17(2)10-14-13(15)9-16-18(14)3/h5-9H,4,10H2,1-3H3. The van der Waals surface area contributed by atoms with Crippen LogP contribution in [0.25, 0.3) is 0 Å². The molecular formula is C14H18ClN3O3S. The van der Waals surface area contributed by atoms with Crippen molar-refractivity contribution in [3.8, 4) is 5.75 Å². The zero-order valence-corrected chi connectivity index (χ0v) is 14.2. The number of aryl methyl sites for hydroxylation is 1. The van der Waals surface area contributed by atoms with Gasteiger partial charge in [0.15, 0.2) is 0 Å². The lowest BCUT2D eigenvalue weighted by Gasteiger charge is -2.17. The molecule has 0 bridgehead atoms. The van der Waals surface area contributed by atoms with Crippen LogP contribution in [-0.2, 0) is 23.6 Å². The molecule has 2 aromatic rings. The van der Waals surface area contributed by atoms with E-state index in [1.807, 2.05) is 6.92 Å². The van der Waals surface area contributed by atoms with Gasteiger partial charge in [-0.05, 0) is 31.2 Å². The third-order valence-electron chi connectivity index (χ3n) is 3.23. The van der Waals surface area contributed by atoms with Gasteiger partial charge in [-0.3, -0.25) is 4.68 Å². The molecule has 0 fully saturated rings. The van der Waals surface area contributed by atoms with Crippen LogP contribution in [0.2, 0.25) is 5.02 Å². The van der Waals surface area contributed by atoms with E-state index in [9.17, 15) is 8.42 Å². The van der Waals surface area contributed by atoms with E-state index < -0.39 is 10.0 Å². The molecule has 120 valence electrons. The summed E-state index contributed by atoms with van der Waals surface area (Å²) in [6.45, 7) is 2.55. The van der Waals surface area contributed by atoms with Crippen LogP contribution in [0.4, 0.5) is 0 Å². The maximum atomic E-state index is 12.6. The molecule has 0 unspecified atom stereocenters. The number of rotatable bonds is 6. The minimum Gasteiger partial charge on any atom is -0.494 e. The summed E-state index contributed by atoms with van der Waals surface area (Å²) in [5, 5.41) is 4.44. The van der Waals surface area contributed by atoms with E-state index in [0.29, 0.717) is 23.1 Å². The molecule has 8 heteroatoms. The molecule has 0 saturated carbocycles. The van der Waals surface area contributed by atoms with Crippen LogP contribution in [0.5, 0.6) is 5.75 Å². The third-order valence-corrected chi connectivity index (χ3v) is 5.36. The normalized spacial score (nSPS) is 11.9. The molecular weight excluding hydrogens is 326 g/mol. The SMILES string of the molecule is CCOc1ccc(S(=O)(=O)N(C)Cc2c(Cl)cnn2C)cc1. The molecule has 1 aromatic carbocycles. The number of aromatic nitrogens is 2. The van der Waals surface area contributed by atoms with Crippen LogP contribution < -0.4 is 4.74 Å². The zero-order chi connectivity index (χ0) is 16.3. The van der Waals surface area contributed by atoms with Crippen LogP contribution in [0.15, 0.2) is 35.4 Å². The summed E-state index contributed by atoms with van der Waals surface area (Å²) in [5.41, 5.74) is 0.638. The van der Waals surface area contributed by atoms with Crippen molar-refractivity contribution >= 4 is 21.6 Å². The van der Waals surface area contributed by atoms with Gasteiger partial charge in [0.1, 0.15) is 5.75 Å². The zero-order valence-electron chi connectivity index (χ0n) is 12.7. The van der Waals surface area contributed by atoms with Gasteiger partial charge >= 0.3 is 0 Å². The summed E-state index contributed by atoms with van der Waals surface area (Å²) in [5.74, 6) is 0.638. The average molecular weight is 344 g/mol. The average Bonchev–Trinajstić information content (AvgIpc) is 2.80. The number of nitrogens with zero attached hydrogens (tertiary/aromatic N) is 3. The highest BCUT2D eigenvalue weighted by Crippen LogP contribution is 2.22. The number of benzene rings is 1. The van der Waals surface area contributed by atoms with Gasteiger partial charge in [-0.2, -0.15) is 9.40 Å². The van der Waals surface area contributed by atoms with Gasteiger partial charge in [0, 0.05) is 14.1 Å². The molecule has 1 heterocycles. The predicted octanol–water partition coefficient (Wildman–Crippen LogP) is 2.29. The Hall–Kier alpha value is -1.57. The van der Waals surface area contributed by atoms with Gasteiger partial charge in [-0.1, -0.05) is 11.6 Å². The molecule has 0 saturated heterocycles. The second-order valence-electron chi connectivity index (χ2n) is 4.73. The van der Waals surface area contributed by atoms with E-state index in [0.717, 1.165) is 0 Å². The number of ether oxygens (including phenoxy) is 1. The molecule has 22 heavy (non-hydrogen) atoms. The first-order chi connectivity index (χ1) is 10.4. The highest BCUT2D eigenvalue weighted by Gasteiger charge is 2.23. The van der Waals surface area contributed by atoms with E-state index >= 15 is 0 Å². The van der Waals surface area contributed by atoms with E-state index in [2.05, 4.69) is 5.10 Å². The van der Waals surface area contributed by atoms with Gasteiger partial charge in [-0.25, -0.2) is 8.42 Å². The highest BCUT2D eigenvalue weighted by atomic mass is 35.5. The maximum Gasteiger partial charge on any atom is 0.243 e. The molecule has 0 amide bonds. The Kier molecular flexibility index (Phi) is 5.10. The first-order valence-electron chi connectivity index (χ1n) is 6.71. The summed E-state index contributed by atoms with van der Waals surface area (Å²) in [7, 11) is -0.372. The topological polar surface area (TPSA) is 64.4 Å². The van der Waals surface area contributed by atoms with Gasteiger partial charge in [0.25, 0.3) is 0 Å². The Balaban J connectivity index is 2.22. The Bertz CT molecular complexity index is 722. The minimum absolute atomic E-state index is 0.144. The number of hydrogen-bond acceptors (Lipinski definition) is 4. The smallest absolute Gasteiger partial charge is 0.243 e. The summed E-state index contributed by atoms with van der Waals surface area (Å²) >= 11 is 6.02. The fourth-order valence-electron chi connectivity index (χ4n) is 1.96. The Morgan fingerprint density at radius 3 is 2.45 bits per heavy atom. The van der Waals surface area contributed by atoms with Crippen LogP contribution in [0, 0.1) is 0 Å². The van der Waals surface area contributed by atoms with Crippen molar-refractivity contribution in [3.63, 3.8) is 0 Å². The van der Waals surface area contributed by atoms with Crippen molar-refractivity contribution in [2.45, 2.75) is 18.4 Å². The minimum atomic E-state index is -3.60. The second kappa shape index (κ2) is 6.68. The van der Waals surface area contributed by atoms with E-state index in [4.69, 9.17) is 16.3 Å². The monoisotopic (exact) mass is 343 g/mol. The number of halogens is 1. The molecule has 0 spiro atoms. The summed E-state index contributed by atoms with van der Waals surface area (Å²) in [6.07, 6.45) is 1.49. The lowest BCUT2D eigenvalue weighted by Crippen LogP contribution is -2.27. The van der Waals surface area contributed by atoms with Crippen LogP contribution in [0.3, 0.4) is 0 Å². The van der Waals surface area contributed by atoms with Crippen molar-refractivity contribution in [1.29, 1.82) is 0 Å². The Morgan fingerprint density at radius 1 is 1.32 bits per heavy atom. The molecule has 0 radical (unpaired) electrons. The van der Waals surface area contributed by atoms with Gasteiger partial charge in [0.2, 0.25) is 10.0 Å². The number of hydrogen-bond donors (Lipinski definition) is 0. The molecule has 0 aliphatic heterocycles. The quantitative estimate of drug-likeness (QED) is 0.807. The van der Waals surface area contributed by atoms with Crippen molar-refractivity contribution in [1.82, 2.24) is 14.1 Å². The molecule has 0 aliphatic rings. The Morgan fingerprint density at radius 2 is 1.95 bits per heavy atom. The van der Waals surface area contributed by atoms with E-state index in [1.54, 1.807) is 23.9 Å². The third kappa shape index (κ3) is 3.43. The Labute approximate surface area is 135 Å². The molecule has 6 nitrogen and oxygen atoms in total. The largest absolute Gasteiger partial charge is 0.494 e. The highest BCUT2D eigenvalue weighted by molar-refractivity contribution is 7.89. The maximum absolute atomic E-state index is 12.6. The molecule has 0 atom stereocenters. The first-order valence-corrected chi connectivity index (χ1v) is 8.53. The summed E-state index contributed by atoms with van der Waals surface area (Å²) in [4.78, 5) is 0.205. The van der Waals surface area contributed by atoms with Crippen LogP contribution in [-0.4, -0.2) is 36.2 Å². The van der Waals surface area contributed by atoms with Crippen molar-refractivity contribution in [3.05, 3.63) is 41.2 Å². The molecule has 2 rings (SSSR count). The first kappa shape index (κ1) is 16.8. The van der Waals surface area contributed by atoms with E-state index in [1.165, 1.54) is 29.7 Å². The summed E-state index contributed by atoms with van der Waals surface area (Å²) < 4.78 is 33.2. The second-order valence-corrected chi connectivity index (χ2v) is 7.18. The van der Waals surface area contributed by atoms with Crippen molar-refractivity contribution < 1.29 is 13.2 Å². The lowest BCUT2D eigenvalue weighted by molar-refractivity contribution is 0.340. The van der Waals surface area contributed by atoms with E-state index in [-0.39, 0.29) is 11.4 Å². The van der Waals surface area contributed by atoms with Gasteiger partial charge in [0.05, 0.1) is 35.0 Å². The molecule has 0 N–H and O–H groups in total. The fraction of sp³-hybridized carbons (Fsp3) is 0.357. The number of sulfonamides is 1. The van der Waals surface area contributed by atoms with Crippen molar-refractivity contribution in [2.24, 2.45) is 7.05 Å². The molecule has 1 aromatic heterocycles.